The molecule has 0 fully saturated rings. The Labute approximate surface area is 121 Å². The van der Waals surface area contributed by atoms with Crippen molar-refractivity contribution >= 4 is 22.9 Å². The summed E-state index contributed by atoms with van der Waals surface area (Å²) in [5.74, 6) is 0.173. The first-order chi connectivity index (χ1) is 9.56. The van der Waals surface area contributed by atoms with E-state index in [0.29, 0.717) is 18.0 Å². The van der Waals surface area contributed by atoms with E-state index in [2.05, 4.69) is 10.3 Å². The first kappa shape index (κ1) is 14.3. The summed E-state index contributed by atoms with van der Waals surface area (Å²) in [7, 11) is 0. The molecule has 0 radical (unpaired) electrons. The van der Waals surface area contributed by atoms with Gasteiger partial charge in [0.05, 0.1) is 17.4 Å². The zero-order valence-corrected chi connectivity index (χ0v) is 12.2. The van der Waals surface area contributed by atoms with Gasteiger partial charge in [-0.3, -0.25) is 4.79 Å². The van der Waals surface area contributed by atoms with Gasteiger partial charge < -0.3 is 15.8 Å². The summed E-state index contributed by atoms with van der Waals surface area (Å²) in [5, 5.41) is 5.02. The number of aromatic nitrogens is 1. The maximum atomic E-state index is 11.0. The van der Waals surface area contributed by atoms with Crippen LogP contribution in [0.25, 0.3) is 0 Å². The van der Waals surface area contributed by atoms with Crippen LogP contribution in [0.5, 0.6) is 5.88 Å². The number of nitrogens with zero attached hydrogens (tertiary/aromatic N) is 1. The minimum atomic E-state index is -0.405. The van der Waals surface area contributed by atoms with Crippen LogP contribution in [0, 0.1) is 0 Å². The van der Waals surface area contributed by atoms with E-state index < -0.39 is 5.91 Å². The molecule has 5 nitrogen and oxygen atoms in total. The molecule has 0 saturated heterocycles. The van der Waals surface area contributed by atoms with Crippen LogP contribution in [0.4, 0.5) is 5.69 Å². The standard InChI is InChI=1S/C14H17N3O2S/c1-9(2)19-14-12(4-3-5-16-14)17-7-11-6-10(8-20-11)13(15)18/h3-6,8-9,17H,7H2,1-2H3,(H2,15,18). The summed E-state index contributed by atoms with van der Waals surface area (Å²) in [6.45, 7) is 4.51. The molecule has 0 aliphatic rings. The van der Waals surface area contributed by atoms with Crippen LogP contribution in [-0.4, -0.2) is 17.0 Å². The number of hydrogen-bond acceptors (Lipinski definition) is 5. The molecule has 106 valence electrons. The maximum Gasteiger partial charge on any atom is 0.249 e. The van der Waals surface area contributed by atoms with Crippen LogP contribution in [0.15, 0.2) is 29.8 Å². The molecule has 3 N–H and O–H groups in total. The number of carbonyl (C=O) groups is 1. The Morgan fingerprint density at radius 3 is 3.00 bits per heavy atom. The fourth-order valence-corrected chi connectivity index (χ4v) is 2.44. The molecule has 2 heterocycles. The number of hydrogen-bond donors (Lipinski definition) is 2. The number of carbonyl (C=O) groups excluding carboxylic acids is 1. The minimum Gasteiger partial charge on any atom is -0.473 e. The second kappa shape index (κ2) is 6.38. The number of ether oxygens (including phenoxy) is 1. The van der Waals surface area contributed by atoms with Crippen molar-refractivity contribution in [3.8, 4) is 5.88 Å². The monoisotopic (exact) mass is 291 g/mol. The number of thiophene rings is 1. The summed E-state index contributed by atoms with van der Waals surface area (Å²) in [5.41, 5.74) is 6.60. The first-order valence-electron chi connectivity index (χ1n) is 6.29. The number of nitrogens with two attached hydrogens (primary N) is 1. The Balaban J connectivity index is 2.04. The number of rotatable bonds is 6. The van der Waals surface area contributed by atoms with Crippen LogP contribution in [0.3, 0.4) is 0 Å². The highest BCUT2D eigenvalue weighted by molar-refractivity contribution is 7.10. The van der Waals surface area contributed by atoms with Crippen molar-refractivity contribution < 1.29 is 9.53 Å². The normalized spacial score (nSPS) is 10.6. The Bertz CT molecular complexity index is 596. The number of pyridine rings is 1. The number of amides is 1. The van der Waals surface area contributed by atoms with E-state index in [4.69, 9.17) is 10.5 Å². The lowest BCUT2D eigenvalue weighted by Gasteiger charge is -2.13. The molecule has 0 atom stereocenters. The van der Waals surface area contributed by atoms with Crippen molar-refractivity contribution in [3.05, 3.63) is 40.2 Å². The highest BCUT2D eigenvalue weighted by atomic mass is 32.1. The van der Waals surface area contributed by atoms with Crippen molar-refractivity contribution in [1.82, 2.24) is 4.98 Å². The zero-order chi connectivity index (χ0) is 14.5. The Hall–Kier alpha value is -2.08. The van der Waals surface area contributed by atoms with Crippen molar-refractivity contribution in [3.63, 3.8) is 0 Å². The lowest BCUT2D eigenvalue weighted by atomic mass is 10.3. The third-order valence-corrected chi connectivity index (χ3v) is 3.45. The summed E-state index contributed by atoms with van der Waals surface area (Å²) in [6.07, 6.45) is 1.76. The van der Waals surface area contributed by atoms with Gasteiger partial charge in [0.2, 0.25) is 11.8 Å². The van der Waals surface area contributed by atoms with Gasteiger partial charge in [-0.05, 0) is 32.0 Å². The van der Waals surface area contributed by atoms with Crippen LogP contribution in [-0.2, 0) is 6.54 Å². The Morgan fingerprint density at radius 1 is 1.55 bits per heavy atom. The quantitative estimate of drug-likeness (QED) is 0.857. The molecular weight excluding hydrogens is 274 g/mol. The van der Waals surface area contributed by atoms with Gasteiger partial charge in [-0.2, -0.15) is 0 Å². The van der Waals surface area contributed by atoms with E-state index in [1.54, 1.807) is 17.6 Å². The third kappa shape index (κ3) is 3.71. The van der Waals surface area contributed by atoms with Gasteiger partial charge in [-0.1, -0.05) is 0 Å². The molecule has 0 unspecified atom stereocenters. The Morgan fingerprint density at radius 2 is 2.35 bits per heavy atom. The summed E-state index contributed by atoms with van der Waals surface area (Å²) >= 11 is 1.49. The van der Waals surface area contributed by atoms with E-state index in [-0.39, 0.29) is 6.10 Å². The highest BCUT2D eigenvalue weighted by Gasteiger charge is 2.08. The largest absolute Gasteiger partial charge is 0.473 e. The second-order valence-corrected chi connectivity index (χ2v) is 5.54. The van der Waals surface area contributed by atoms with Gasteiger partial charge in [0.15, 0.2) is 0 Å². The van der Waals surface area contributed by atoms with E-state index in [1.807, 2.05) is 26.0 Å². The molecule has 0 bridgehead atoms. The Kier molecular flexibility index (Phi) is 4.57. The number of anilines is 1. The molecule has 0 spiro atoms. The molecule has 0 aliphatic carbocycles. The van der Waals surface area contributed by atoms with E-state index in [1.165, 1.54) is 11.3 Å². The predicted octanol–water partition coefficient (Wildman–Crippen LogP) is 2.64. The predicted molar refractivity (Wildman–Crippen MR) is 80.2 cm³/mol. The topological polar surface area (TPSA) is 77.2 Å². The van der Waals surface area contributed by atoms with Gasteiger partial charge in [-0.15, -0.1) is 11.3 Å². The average molecular weight is 291 g/mol. The summed E-state index contributed by atoms with van der Waals surface area (Å²) in [6, 6.07) is 5.55. The first-order valence-corrected chi connectivity index (χ1v) is 7.17. The third-order valence-electron chi connectivity index (χ3n) is 2.51. The van der Waals surface area contributed by atoms with Crippen molar-refractivity contribution in [2.24, 2.45) is 5.73 Å². The minimum absolute atomic E-state index is 0.0636. The van der Waals surface area contributed by atoms with E-state index in [9.17, 15) is 4.79 Å². The molecule has 20 heavy (non-hydrogen) atoms. The average Bonchev–Trinajstić information content (AvgIpc) is 2.86. The number of nitrogens with one attached hydrogen (secondary N) is 1. The van der Waals surface area contributed by atoms with Crippen LogP contribution >= 0.6 is 11.3 Å². The van der Waals surface area contributed by atoms with Crippen LogP contribution in [0.2, 0.25) is 0 Å². The molecule has 6 heteroatoms. The van der Waals surface area contributed by atoms with Crippen molar-refractivity contribution in [2.45, 2.75) is 26.5 Å². The molecule has 2 aromatic heterocycles. The number of primary amides is 1. The summed E-state index contributed by atoms with van der Waals surface area (Å²) in [4.78, 5) is 16.3. The molecule has 0 aromatic carbocycles. The van der Waals surface area contributed by atoms with Gasteiger partial charge >= 0.3 is 0 Å². The maximum absolute atomic E-state index is 11.0. The van der Waals surface area contributed by atoms with Crippen molar-refractivity contribution in [2.75, 3.05) is 5.32 Å². The lowest BCUT2D eigenvalue weighted by molar-refractivity contribution is 0.100. The van der Waals surface area contributed by atoms with Gasteiger partial charge in [0, 0.05) is 23.0 Å². The SMILES string of the molecule is CC(C)Oc1ncccc1NCc1cc(C(N)=O)cs1. The molecular formula is C14H17N3O2S. The summed E-state index contributed by atoms with van der Waals surface area (Å²) < 4.78 is 5.63. The van der Waals surface area contributed by atoms with Gasteiger partial charge in [-0.25, -0.2) is 4.98 Å². The lowest BCUT2D eigenvalue weighted by Crippen LogP contribution is -2.10. The smallest absolute Gasteiger partial charge is 0.249 e. The van der Waals surface area contributed by atoms with Gasteiger partial charge in [0.25, 0.3) is 0 Å². The molecule has 0 aliphatic heterocycles. The molecule has 2 aromatic rings. The molecule has 2 rings (SSSR count). The molecule has 1 amide bonds. The van der Waals surface area contributed by atoms with E-state index >= 15 is 0 Å². The highest BCUT2D eigenvalue weighted by Crippen LogP contribution is 2.23. The van der Waals surface area contributed by atoms with E-state index in [0.717, 1.165) is 10.6 Å². The van der Waals surface area contributed by atoms with Crippen molar-refractivity contribution in [1.29, 1.82) is 0 Å². The second-order valence-electron chi connectivity index (χ2n) is 4.54. The van der Waals surface area contributed by atoms with Crippen LogP contribution in [0.1, 0.15) is 29.1 Å². The van der Waals surface area contributed by atoms with Crippen LogP contribution < -0.4 is 15.8 Å². The molecule has 0 saturated carbocycles. The van der Waals surface area contributed by atoms with Gasteiger partial charge in [0.1, 0.15) is 0 Å². The fourth-order valence-electron chi connectivity index (χ4n) is 1.63. The fraction of sp³-hybridized carbons (Fsp3) is 0.286. The zero-order valence-electron chi connectivity index (χ0n) is 11.4.